The van der Waals surface area contributed by atoms with Crippen LogP contribution >= 0.6 is 0 Å². The fraction of sp³-hybridized carbons (Fsp3) is 0.500. The van der Waals surface area contributed by atoms with Gasteiger partial charge in [0, 0.05) is 6.42 Å². The van der Waals surface area contributed by atoms with Gasteiger partial charge in [0.1, 0.15) is 5.76 Å². The Balaban J connectivity index is 2.02. The predicted octanol–water partition coefficient (Wildman–Crippen LogP) is 3.81. The Labute approximate surface area is 102 Å². The van der Waals surface area contributed by atoms with Crippen molar-refractivity contribution in [2.75, 3.05) is 6.61 Å². The lowest BCUT2D eigenvalue weighted by atomic mass is 10.2. The molecule has 1 rings (SSSR count). The number of hydrogen-bond acceptors (Lipinski definition) is 3. The van der Waals surface area contributed by atoms with Crippen LogP contribution in [0, 0.1) is 0 Å². The molecule has 0 aromatic carbocycles. The summed E-state index contributed by atoms with van der Waals surface area (Å²) >= 11 is 0. The molecule has 1 aromatic rings. The van der Waals surface area contributed by atoms with Gasteiger partial charge in [-0.3, -0.25) is 4.79 Å². The van der Waals surface area contributed by atoms with E-state index >= 15 is 0 Å². The molecule has 0 fully saturated rings. The van der Waals surface area contributed by atoms with Gasteiger partial charge in [0.25, 0.3) is 0 Å². The molecule has 0 N–H and O–H groups in total. The van der Waals surface area contributed by atoms with E-state index in [9.17, 15) is 4.79 Å². The topological polar surface area (TPSA) is 39.4 Å². The van der Waals surface area contributed by atoms with E-state index in [1.807, 2.05) is 24.3 Å². The number of hydrogen-bond donors (Lipinski definition) is 0. The second kappa shape index (κ2) is 8.62. The number of rotatable bonds is 8. The van der Waals surface area contributed by atoms with Crippen LogP contribution in [0.3, 0.4) is 0 Å². The maximum atomic E-state index is 11.2. The van der Waals surface area contributed by atoms with Crippen molar-refractivity contribution >= 4 is 12.0 Å². The Morgan fingerprint density at radius 2 is 2.35 bits per heavy atom. The lowest BCUT2D eigenvalue weighted by molar-refractivity contribution is -0.143. The van der Waals surface area contributed by atoms with Crippen molar-refractivity contribution in [1.82, 2.24) is 0 Å². The minimum absolute atomic E-state index is 0.0927. The fourth-order valence-corrected chi connectivity index (χ4v) is 1.42. The fourth-order valence-electron chi connectivity index (χ4n) is 1.42. The number of furan rings is 1. The molecule has 3 heteroatoms. The molecule has 3 nitrogen and oxygen atoms in total. The number of carbonyl (C=O) groups is 1. The molecule has 0 saturated carbocycles. The van der Waals surface area contributed by atoms with Crippen LogP contribution in [0.1, 0.15) is 44.8 Å². The normalized spacial score (nSPS) is 10.9. The molecule has 0 amide bonds. The predicted molar refractivity (Wildman–Crippen MR) is 67.5 cm³/mol. The zero-order valence-corrected chi connectivity index (χ0v) is 10.4. The summed E-state index contributed by atoms with van der Waals surface area (Å²) in [7, 11) is 0. The van der Waals surface area contributed by atoms with Gasteiger partial charge in [0.15, 0.2) is 0 Å². The number of unbranched alkanes of at least 4 members (excludes halogenated alkanes) is 2. The molecule has 0 spiro atoms. The van der Waals surface area contributed by atoms with Crippen LogP contribution < -0.4 is 0 Å². The highest BCUT2D eigenvalue weighted by Gasteiger charge is 2.00. The monoisotopic (exact) mass is 236 g/mol. The second-order valence-electron chi connectivity index (χ2n) is 3.88. The maximum Gasteiger partial charge on any atom is 0.305 e. The first kappa shape index (κ1) is 13.6. The van der Waals surface area contributed by atoms with Crippen LogP contribution in [0.4, 0.5) is 0 Å². The Kier molecular flexibility index (Phi) is 6.87. The van der Waals surface area contributed by atoms with Crippen molar-refractivity contribution in [2.24, 2.45) is 0 Å². The van der Waals surface area contributed by atoms with Crippen molar-refractivity contribution in [1.29, 1.82) is 0 Å². The molecule has 0 aliphatic heterocycles. The van der Waals surface area contributed by atoms with Crippen LogP contribution in [0.25, 0.3) is 6.08 Å². The SMILES string of the molecule is CCCCCC(=O)OCCC=Cc1ccco1. The van der Waals surface area contributed by atoms with Crippen molar-refractivity contribution in [2.45, 2.75) is 39.0 Å². The maximum absolute atomic E-state index is 11.2. The van der Waals surface area contributed by atoms with E-state index in [4.69, 9.17) is 9.15 Å². The summed E-state index contributed by atoms with van der Waals surface area (Å²) in [6.45, 7) is 2.56. The van der Waals surface area contributed by atoms with Crippen LogP contribution in [0.5, 0.6) is 0 Å². The minimum Gasteiger partial charge on any atom is -0.465 e. The summed E-state index contributed by atoms with van der Waals surface area (Å²) < 4.78 is 10.2. The average molecular weight is 236 g/mol. The van der Waals surface area contributed by atoms with Crippen LogP contribution in [-0.4, -0.2) is 12.6 Å². The van der Waals surface area contributed by atoms with Gasteiger partial charge in [-0.05, 0) is 31.1 Å². The first-order valence-electron chi connectivity index (χ1n) is 6.18. The zero-order chi connectivity index (χ0) is 12.3. The van der Waals surface area contributed by atoms with Crippen molar-refractivity contribution in [3.05, 3.63) is 30.2 Å². The van der Waals surface area contributed by atoms with E-state index in [-0.39, 0.29) is 5.97 Å². The van der Waals surface area contributed by atoms with Gasteiger partial charge in [-0.15, -0.1) is 0 Å². The molecule has 0 radical (unpaired) electrons. The highest BCUT2D eigenvalue weighted by atomic mass is 16.5. The van der Waals surface area contributed by atoms with Gasteiger partial charge in [0.05, 0.1) is 12.9 Å². The van der Waals surface area contributed by atoms with Gasteiger partial charge >= 0.3 is 5.97 Å². The van der Waals surface area contributed by atoms with E-state index in [2.05, 4.69) is 6.92 Å². The molecule has 0 aliphatic carbocycles. The van der Waals surface area contributed by atoms with Gasteiger partial charge in [0.2, 0.25) is 0 Å². The molecule has 1 aromatic heterocycles. The summed E-state index contributed by atoms with van der Waals surface area (Å²) in [5.41, 5.74) is 0. The molecule has 0 unspecified atom stereocenters. The van der Waals surface area contributed by atoms with Gasteiger partial charge < -0.3 is 9.15 Å². The first-order chi connectivity index (χ1) is 8.33. The van der Waals surface area contributed by atoms with Gasteiger partial charge in [-0.2, -0.15) is 0 Å². The van der Waals surface area contributed by atoms with Crippen molar-refractivity contribution in [3.8, 4) is 0 Å². The summed E-state index contributed by atoms with van der Waals surface area (Å²) in [6.07, 6.45) is 9.86. The highest BCUT2D eigenvalue weighted by molar-refractivity contribution is 5.69. The third-order valence-corrected chi connectivity index (χ3v) is 2.36. The Bertz CT molecular complexity index is 325. The summed E-state index contributed by atoms with van der Waals surface area (Å²) in [5, 5.41) is 0. The number of carbonyl (C=O) groups excluding carboxylic acids is 1. The van der Waals surface area contributed by atoms with E-state index in [1.54, 1.807) is 6.26 Å². The average Bonchev–Trinajstić information content (AvgIpc) is 2.82. The van der Waals surface area contributed by atoms with Gasteiger partial charge in [-0.1, -0.05) is 25.8 Å². The van der Waals surface area contributed by atoms with E-state index in [0.717, 1.165) is 31.4 Å². The Morgan fingerprint density at radius 3 is 3.06 bits per heavy atom. The largest absolute Gasteiger partial charge is 0.465 e. The number of esters is 1. The Morgan fingerprint density at radius 1 is 1.47 bits per heavy atom. The van der Waals surface area contributed by atoms with Crippen molar-refractivity contribution in [3.63, 3.8) is 0 Å². The molecule has 0 bridgehead atoms. The molecule has 1 heterocycles. The second-order valence-corrected chi connectivity index (χ2v) is 3.88. The lowest BCUT2D eigenvalue weighted by Gasteiger charge is -2.01. The molecule has 0 saturated heterocycles. The molecule has 0 atom stereocenters. The molecule has 94 valence electrons. The standard InChI is InChI=1S/C14H20O3/c1-2-3-4-10-14(15)17-11-6-5-8-13-9-7-12-16-13/h5,7-9,12H,2-4,6,10-11H2,1H3. The molecular weight excluding hydrogens is 216 g/mol. The molecule has 0 aliphatic rings. The molecule has 17 heavy (non-hydrogen) atoms. The smallest absolute Gasteiger partial charge is 0.305 e. The Hall–Kier alpha value is -1.51. The molecular formula is C14H20O3. The minimum atomic E-state index is -0.0927. The lowest BCUT2D eigenvalue weighted by Crippen LogP contribution is -2.04. The van der Waals surface area contributed by atoms with Gasteiger partial charge in [-0.25, -0.2) is 0 Å². The van der Waals surface area contributed by atoms with E-state index < -0.39 is 0 Å². The first-order valence-corrected chi connectivity index (χ1v) is 6.18. The number of ether oxygens (including phenoxy) is 1. The van der Waals surface area contributed by atoms with Crippen LogP contribution in [-0.2, 0) is 9.53 Å². The highest BCUT2D eigenvalue weighted by Crippen LogP contribution is 2.04. The third-order valence-electron chi connectivity index (χ3n) is 2.36. The zero-order valence-electron chi connectivity index (χ0n) is 10.4. The third kappa shape index (κ3) is 6.61. The van der Waals surface area contributed by atoms with Crippen LogP contribution in [0.15, 0.2) is 28.9 Å². The summed E-state index contributed by atoms with van der Waals surface area (Å²) in [6, 6.07) is 3.72. The summed E-state index contributed by atoms with van der Waals surface area (Å²) in [5.74, 6) is 0.726. The van der Waals surface area contributed by atoms with Crippen LogP contribution in [0.2, 0.25) is 0 Å². The van der Waals surface area contributed by atoms with Crippen molar-refractivity contribution < 1.29 is 13.9 Å². The quantitative estimate of drug-likeness (QED) is 0.509. The van der Waals surface area contributed by atoms with E-state index in [1.165, 1.54) is 0 Å². The van der Waals surface area contributed by atoms with E-state index in [0.29, 0.717) is 13.0 Å². The summed E-state index contributed by atoms with van der Waals surface area (Å²) in [4.78, 5) is 11.2.